The van der Waals surface area contributed by atoms with Gasteiger partial charge in [0.05, 0.1) is 6.54 Å². The molecule has 0 unspecified atom stereocenters. The molecule has 3 aromatic rings. The van der Waals surface area contributed by atoms with Gasteiger partial charge in [0.1, 0.15) is 18.2 Å². The molecule has 0 fully saturated rings. The van der Waals surface area contributed by atoms with E-state index in [9.17, 15) is 9.18 Å². The molecule has 0 saturated heterocycles. The average Bonchev–Trinajstić information content (AvgIpc) is 2.95. The molecule has 0 bridgehead atoms. The highest BCUT2D eigenvalue weighted by Crippen LogP contribution is 2.22. The van der Waals surface area contributed by atoms with Gasteiger partial charge in [-0.15, -0.1) is 0 Å². The van der Waals surface area contributed by atoms with E-state index in [1.807, 2.05) is 42.0 Å². The van der Waals surface area contributed by atoms with Crippen LogP contribution in [0.15, 0.2) is 54.7 Å². The van der Waals surface area contributed by atoms with Crippen molar-refractivity contribution in [1.29, 1.82) is 0 Å². The molecule has 0 aliphatic rings. The maximum Gasteiger partial charge on any atom is 0.164 e. The van der Waals surface area contributed by atoms with Crippen LogP contribution in [0, 0.1) is 5.82 Å². The summed E-state index contributed by atoms with van der Waals surface area (Å²) < 4.78 is 20.5. The number of benzene rings is 2. The van der Waals surface area contributed by atoms with E-state index in [1.165, 1.54) is 12.1 Å². The van der Waals surface area contributed by atoms with Gasteiger partial charge in [0.2, 0.25) is 0 Å². The van der Waals surface area contributed by atoms with Crippen LogP contribution in [0.5, 0.6) is 5.75 Å². The number of para-hydroxylation sites is 1. The van der Waals surface area contributed by atoms with Crippen molar-refractivity contribution in [1.82, 2.24) is 4.57 Å². The second-order valence-electron chi connectivity index (χ2n) is 5.33. The molecule has 0 aliphatic carbocycles. The van der Waals surface area contributed by atoms with Gasteiger partial charge < -0.3 is 9.30 Å². The molecule has 1 heterocycles. The van der Waals surface area contributed by atoms with Gasteiger partial charge in [-0.05, 0) is 30.3 Å². The van der Waals surface area contributed by atoms with Crippen LogP contribution in [0.3, 0.4) is 0 Å². The summed E-state index contributed by atoms with van der Waals surface area (Å²) >= 11 is 0. The number of rotatable bonds is 6. The molecule has 0 N–H and O–H groups in total. The predicted octanol–water partition coefficient (Wildman–Crippen LogP) is 4.45. The number of carbonyl (C=O) groups excluding carboxylic acids is 1. The molecule has 0 spiro atoms. The van der Waals surface area contributed by atoms with E-state index in [2.05, 4.69) is 0 Å². The van der Waals surface area contributed by atoms with Crippen molar-refractivity contribution in [3.05, 3.63) is 66.1 Å². The topological polar surface area (TPSA) is 31.2 Å². The van der Waals surface area contributed by atoms with E-state index in [0.29, 0.717) is 25.3 Å². The Kier molecular flexibility index (Phi) is 4.42. The Labute approximate surface area is 134 Å². The van der Waals surface area contributed by atoms with E-state index in [-0.39, 0.29) is 11.6 Å². The molecule has 3 rings (SSSR count). The minimum atomic E-state index is -0.281. The molecule has 3 nitrogen and oxygen atoms in total. The summed E-state index contributed by atoms with van der Waals surface area (Å²) in [5.41, 5.74) is 1.77. The number of nitrogens with zero attached hydrogens (tertiary/aromatic N) is 1. The van der Waals surface area contributed by atoms with E-state index >= 15 is 0 Å². The number of hydrogen-bond donors (Lipinski definition) is 0. The lowest BCUT2D eigenvalue weighted by molar-refractivity contribution is 0.0989. The van der Waals surface area contributed by atoms with Crippen LogP contribution in [-0.2, 0) is 6.54 Å². The Hall–Kier alpha value is -2.62. The molecule has 2 aromatic carbocycles. The van der Waals surface area contributed by atoms with Crippen molar-refractivity contribution in [2.24, 2.45) is 0 Å². The van der Waals surface area contributed by atoms with Crippen molar-refractivity contribution in [3.8, 4) is 5.75 Å². The highest BCUT2D eigenvalue weighted by Gasteiger charge is 2.13. The maximum absolute atomic E-state index is 12.9. The summed E-state index contributed by atoms with van der Waals surface area (Å²) in [4.78, 5) is 12.1. The van der Waals surface area contributed by atoms with Gasteiger partial charge in [-0.2, -0.15) is 0 Å². The summed E-state index contributed by atoms with van der Waals surface area (Å²) in [6.07, 6.45) is 2.38. The van der Waals surface area contributed by atoms with Crippen molar-refractivity contribution < 1.29 is 13.9 Å². The second-order valence-corrected chi connectivity index (χ2v) is 5.33. The first-order valence-corrected chi connectivity index (χ1v) is 7.68. The molecule has 0 aliphatic heterocycles. The van der Waals surface area contributed by atoms with Gasteiger partial charge in [-0.25, -0.2) is 4.39 Å². The Morgan fingerprint density at radius 2 is 1.87 bits per heavy atom. The van der Waals surface area contributed by atoms with Gasteiger partial charge in [0, 0.05) is 29.1 Å². The van der Waals surface area contributed by atoms with Crippen molar-refractivity contribution in [2.75, 3.05) is 6.61 Å². The van der Waals surface area contributed by atoms with Gasteiger partial charge in [0.25, 0.3) is 0 Å². The first-order chi connectivity index (χ1) is 11.2. The van der Waals surface area contributed by atoms with Crippen LogP contribution >= 0.6 is 0 Å². The van der Waals surface area contributed by atoms with Crippen LogP contribution in [0.25, 0.3) is 10.9 Å². The Bertz CT molecular complexity index is 821. The fourth-order valence-corrected chi connectivity index (χ4v) is 2.64. The van der Waals surface area contributed by atoms with Crippen molar-refractivity contribution in [2.45, 2.75) is 19.9 Å². The van der Waals surface area contributed by atoms with Gasteiger partial charge in [-0.3, -0.25) is 4.79 Å². The summed E-state index contributed by atoms with van der Waals surface area (Å²) in [5.74, 6) is 0.489. The first kappa shape index (κ1) is 15.3. The molecule has 0 amide bonds. The Balaban J connectivity index is 1.77. The quantitative estimate of drug-likeness (QED) is 0.630. The zero-order valence-electron chi connectivity index (χ0n) is 13.0. The SMILES string of the molecule is CCC(=O)c1cn(CCOc2ccc(F)cc2)c2ccccc12. The summed E-state index contributed by atoms with van der Waals surface area (Å²) in [5, 5.41) is 0.973. The number of hydrogen-bond acceptors (Lipinski definition) is 2. The molecule has 1 aromatic heterocycles. The highest BCUT2D eigenvalue weighted by molar-refractivity contribution is 6.07. The average molecular weight is 311 g/mol. The minimum absolute atomic E-state index is 0.138. The van der Waals surface area contributed by atoms with Gasteiger partial charge in [0.15, 0.2) is 5.78 Å². The monoisotopic (exact) mass is 311 g/mol. The van der Waals surface area contributed by atoms with E-state index in [4.69, 9.17) is 4.74 Å². The summed E-state index contributed by atoms with van der Waals surface area (Å²) in [6, 6.07) is 13.8. The highest BCUT2D eigenvalue weighted by atomic mass is 19.1. The molecule has 0 saturated carbocycles. The minimum Gasteiger partial charge on any atom is -0.492 e. The summed E-state index contributed by atoms with van der Waals surface area (Å²) in [7, 11) is 0. The molecular formula is C19H18FNO2. The fourth-order valence-electron chi connectivity index (χ4n) is 2.64. The fraction of sp³-hybridized carbons (Fsp3) is 0.211. The van der Waals surface area contributed by atoms with Crippen LogP contribution in [0.4, 0.5) is 4.39 Å². The third kappa shape index (κ3) is 3.26. The third-order valence-electron chi connectivity index (χ3n) is 3.82. The Morgan fingerprint density at radius 3 is 2.61 bits per heavy atom. The largest absolute Gasteiger partial charge is 0.492 e. The predicted molar refractivity (Wildman–Crippen MR) is 88.5 cm³/mol. The molecule has 4 heteroatoms. The second kappa shape index (κ2) is 6.65. The lowest BCUT2D eigenvalue weighted by atomic mass is 10.1. The van der Waals surface area contributed by atoms with Crippen LogP contribution < -0.4 is 4.74 Å². The zero-order valence-corrected chi connectivity index (χ0v) is 13.0. The van der Waals surface area contributed by atoms with E-state index in [0.717, 1.165) is 16.5 Å². The number of Topliss-reactive ketones (excluding diaryl/α,β-unsaturated/α-hetero) is 1. The number of ether oxygens (including phenoxy) is 1. The third-order valence-corrected chi connectivity index (χ3v) is 3.82. The molecule has 0 atom stereocenters. The maximum atomic E-state index is 12.9. The standard InChI is InChI=1S/C19H18FNO2/c1-2-19(22)17-13-21(18-6-4-3-5-16(17)18)11-12-23-15-9-7-14(20)8-10-15/h3-10,13H,2,11-12H2,1H3. The lowest BCUT2D eigenvalue weighted by Gasteiger charge is -2.08. The Morgan fingerprint density at radius 1 is 1.13 bits per heavy atom. The zero-order chi connectivity index (χ0) is 16.2. The number of fused-ring (bicyclic) bond motifs is 1. The molecule has 23 heavy (non-hydrogen) atoms. The van der Waals surface area contributed by atoms with Gasteiger partial charge in [-0.1, -0.05) is 25.1 Å². The molecular weight excluding hydrogens is 293 g/mol. The van der Waals surface area contributed by atoms with Gasteiger partial charge >= 0.3 is 0 Å². The van der Waals surface area contributed by atoms with Crippen molar-refractivity contribution >= 4 is 16.7 Å². The molecule has 0 radical (unpaired) electrons. The van der Waals surface area contributed by atoms with Crippen LogP contribution in [0.1, 0.15) is 23.7 Å². The first-order valence-electron chi connectivity index (χ1n) is 7.68. The smallest absolute Gasteiger partial charge is 0.164 e. The molecule has 118 valence electrons. The number of aromatic nitrogens is 1. The van der Waals surface area contributed by atoms with E-state index in [1.54, 1.807) is 12.1 Å². The lowest BCUT2D eigenvalue weighted by Crippen LogP contribution is -2.07. The van der Waals surface area contributed by atoms with Crippen LogP contribution in [0.2, 0.25) is 0 Å². The number of carbonyl (C=O) groups is 1. The van der Waals surface area contributed by atoms with Crippen LogP contribution in [-0.4, -0.2) is 17.0 Å². The number of halogens is 1. The number of ketones is 1. The van der Waals surface area contributed by atoms with E-state index < -0.39 is 0 Å². The van der Waals surface area contributed by atoms with Crippen molar-refractivity contribution in [3.63, 3.8) is 0 Å². The summed E-state index contributed by atoms with van der Waals surface area (Å²) in [6.45, 7) is 2.94. The normalized spacial score (nSPS) is 10.9.